The topological polar surface area (TPSA) is 90.8 Å². The van der Waals surface area contributed by atoms with Crippen LogP contribution in [0.3, 0.4) is 0 Å². The van der Waals surface area contributed by atoms with E-state index in [2.05, 4.69) is 33.5 Å². The number of ether oxygens (including phenoxy) is 3. The van der Waals surface area contributed by atoms with Crippen molar-refractivity contribution < 1.29 is 33.1 Å². The fraction of sp³-hybridized carbons (Fsp3) is 0.783. The lowest BCUT2D eigenvalue weighted by atomic mass is 10.1. The molecule has 9 nitrogen and oxygen atoms in total. The summed E-state index contributed by atoms with van der Waals surface area (Å²) in [6, 6.07) is 0. The van der Waals surface area contributed by atoms with Crippen molar-refractivity contribution in [1.29, 1.82) is 0 Å². The Morgan fingerprint density at radius 2 is 1.85 bits per heavy atom. The van der Waals surface area contributed by atoms with Gasteiger partial charge in [-0.2, -0.15) is 4.37 Å². The zero-order chi connectivity index (χ0) is 25.3. The van der Waals surface area contributed by atoms with Crippen molar-refractivity contribution >= 4 is 23.3 Å². The molecule has 10 heteroatoms. The van der Waals surface area contributed by atoms with Crippen molar-refractivity contribution in [2.24, 2.45) is 0 Å². The van der Waals surface area contributed by atoms with Crippen LogP contribution in [0.5, 0.6) is 5.88 Å². The van der Waals surface area contributed by atoms with Crippen LogP contribution in [0.15, 0.2) is 6.08 Å². The van der Waals surface area contributed by atoms with Crippen LogP contribution in [0.2, 0.25) is 0 Å². The molecule has 33 heavy (non-hydrogen) atoms. The molecule has 0 bridgehead atoms. The number of hydrogen-bond donors (Lipinski definition) is 1. The van der Waals surface area contributed by atoms with Gasteiger partial charge in [-0.25, -0.2) is 4.79 Å². The number of carbonyl (C=O) groups excluding carboxylic acids is 1. The van der Waals surface area contributed by atoms with Gasteiger partial charge in [0.05, 0.1) is 53.1 Å². The van der Waals surface area contributed by atoms with Gasteiger partial charge in [0, 0.05) is 33.3 Å². The van der Waals surface area contributed by atoms with E-state index in [4.69, 9.17) is 14.6 Å². The van der Waals surface area contributed by atoms with Crippen LogP contribution >= 0.6 is 11.7 Å². The Hall–Kier alpha value is -1.59. The molecular weight excluding hydrogens is 444 g/mol. The van der Waals surface area contributed by atoms with E-state index in [-0.39, 0.29) is 5.97 Å². The standard InChI is InChI=1S/C20H36N4O3S.C2H6O.CH4O/c1-6-7-8-9-13-26-20-19(21-28-22-20)17-11-10-12-24(5,14-17)16-27-18(25)15-23(2,3)4;1-3-2;1-2/h11H,6-10,12-16H2,1-5H3;1-2H3;2H,1H3/q+2;;. The zero-order valence-electron chi connectivity index (χ0n) is 21.9. The van der Waals surface area contributed by atoms with Crippen LogP contribution in [-0.2, 0) is 14.3 Å². The second kappa shape index (κ2) is 16.9. The molecule has 2 rings (SSSR count). The molecule has 0 saturated carbocycles. The van der Waals surface area contributed by atoms with E-state index in [1.807, 2.05) is 21.1 Å². The maximum absolute atomic E-state index is 12.1. The highest BCUT2D eigenvalue weighted by Crippen LogP contribution is 2.30. The molecular formula is C23H46N4O5S+2. The summed E-state index contributed by atoms with van der Waals surface area (Å²) in [4.78, 5) is 12.1. The van der Waals surface area contributed by atoms with Crippen molar-refractivity contribution in [2.45, 2.75) is 39.0 Å². The van der Waals surface area contributed by atoms with Crippen LogP contribution in [0.25, 0.3) is 5.57 Å². The molecule has 1 aromatic heterocycles. The van der Waals surface area contributed by atoms with E-state index in [1.54, 1.807) is 14.2 Å². The SMILES string of the molecule is CCCCCCOc1nsnc1C1=CCC[N+](C)(COC(=O)C[N+](C)(C)C)C1.CO.COC. The Kier molecular flexibility index (Phi) is 16.1. The van der Waals surface area contributed by atoms with Gasteiger partial charge >= 0.3 is 5.97 Å². The fourth-order valence-corrected chi connectivity index (χ4v) is 3.75. The molecule has 0 amide bonds. The molecule has 1 aliphatic heterocycles. The summed E-state index contributed by atoms with van der Waals surface area (Å²) in [6.07, 6.45) is 7.81. The average Bonchev–Trinajstić information content (AvgIpc) is 3.22. The van der Waals surface area contributed by atoms with Gasteiger partial charge in [0.25, 0.3) is 5.88 Å². The van der Waals surface area contributed by atoms with E-state index in [0.717, 1.165) is 44.3 Å². The quantitative estimate of drug-likeness (QED) is 0.290. The van der Waals surface area contributed by atoms with Crippen LogP contribution < -0.4 is 4.74 Å². The number of esters is 1. The molecule has 1 aliphatic rings. The fourth-order valence-electron chi connectivity index (χ4n) is 3.22. The van der Waals surface area contributed by atoms with Gasteiger partial charge in [0.15, 0.2) is 6.54 Å². The van der Waals surface area contributed by atoms with Gasteiger partial charge in [-0.15, -0.1) is 4.37 Å². The lowest BCUT2D eigenvalue weighted by molar-refractivity contribution is -0.920. The average molecular weight is 491 g/mol. The maximum Gasteiger partial charge on any atom is 0.366 e. The summed E-state index contributed by atoms with van der Waals surface area (Å²) in [7, 11) is 12.3. The first-order chi connectivity index (χ1) is 15.6. The number of likely N-dealkylation sites (N-methyl/N-ethyl adjacent to an activating group) is 2. The van der Waals surface area contributed by atoms with E-state index >= 15 is 0 Å². The molecule has 0 spiro atoms. The summed E-state index contributed by atoms with van der Waals surface area (Å²) in [5, 5.41) is 7.00. The molecule has 1 aromatic rings. The summed E-state index contributed by atoms with van der Waals surface area (Å²) in [5.41, 5.74) is 1.98. The number of carbonyl (C=O) groups is 1. The van der Waals surface area contributed by atoms with Gasteiger partial charge < -0.3 is 23.8 Å². The van der Waals surface area contributed by atoms with Crippen LogP contribution in [0.1, 0.15) is 44.7 Å². The van der Waals surface area contributed by atoms with Crippen molar-refractivity contribution in [1.82, 2.24) is 8.75 Å². The number of nitrogens with zero attached hydrogens (tertiary/aromatic N) is 4. The van der Waals surface area contributed by atoms with Gasteiger partial charge in [-0.05, 0) is 6.42 Å². The lowest BCUT2D eigenvalue weighted by Crippen LogP contribution is -2.50. The molecule has 192 valence electrons. The van der Waals surface area contributed by atoms with Crippen LogP contribution in [0, 0.1) is 0 Å². The van der Waals surface area contributed by atoms with Crippen LogP contribution in [0.4, 0.5) is 0 Å². The van der Waals surface area contributed by atoms with E-state index in [0.29, 0.717) is 34.7 Å². The second-order valence-electron chi connectivity index (χ2n) is 9.35. The summed E-state index contributed by atoms with van der Waals surface area (Å²) < 4.78 is 25.8. The number of unbranched alkanes of at least 4 members (excludes halogenated alkanes) is 3. The number of aliphatic hydroxyl groups is 1. The molecule has 0 aromatic carbocycles. The lowest BCUT2D eigenvalue weighted by Gasteiger charge is -2.36. The summed E-state index contributed by atoms with van der Waals surface area (Å²) in [6.45, 7) is 5.32. The van der Waals surface area contributed by atoms with Crippen LogP contribution in [-0.4, -0.2) is 111 Å². The minimum atomic E-state index is -0.158. The summed E-state index contributed by atoms with van der Waals surface area (Å²) in [5.74, 6) is 0.484. The molecule has 1 N–H and O–H groups in total. The number of aliphatic hydroxyl groups excluding tert-OH is 1. The monoisotopic (exact) mass is 490 g/mol. The van der Waals surface area contributed by atoms with E-state index in [1.165, 1.54) is 31.0 Å². The first-order valence-corrected chi connectivity index (χ1v) is 12.2. The Morgan fingerprint density at radius 1 is 1.18 bits per heavy atom. The van der Waals surface area contributed by atoms with E-state index < -0.39 is 0 Å². The predicted molar refractivity (Wildman–Crippen MR) is 133 cm³/mol. The highest BCUT2D eigenvalue weighted by atomic mass is 32.1. The zero-order valence-corrected chi connectivity index (χ0v) is 22.7. The number of quaternary nitrogens is 2. The van der Waals surface area contributed by atoms with Gasteiger partial charge in [-0.1, -0.05) is 32.3 Å². The third-order valence-corrected chi connectivity index (χ3v) is 5.26. The molecule has 0 radical (unpaired) electrons. The minimum Gasteiger partial charge on any atom is -0.475 e. The Balaban J connectivity index is 0.00000189. The second-order valence-corrected chi connectivity index (χ2v) is 9.88. The molecule has 0 aliphatic carbocycles. The summed E-state index contributed by atoms with van der Waals surface area (Å²) >= 11 is 1.19. The molecule has 0 saturated heterocycles. The number of aromatic nitrogens is 2. The van der Waals surface area contributed by atoms with Gasteiger partial charge in [-0.3, -0.25) is 4.48 Å². The van der Waals surface area contributed by atoms with Gasteiger partial charge in [0.2, 0.25) is 6.73 Å². The first kappa shape index (κ1) is 31.4. The Bertz CT molecular complexity index is 691. The third-order valence-electron chi connectivity index (χ3n) is 4.75. The van der Waals surface area contributed by atoms with Crippen molar-refractivity contribution in [3.8, 4) is 5.88 Å². The highest BCUT2D eigenvalue weighted by Gasteiger charge is 2.31. The number of rotatable bonds is 11. The number of hydrogen-bond acceptors (Lipinski definition) is 8. The smallest absolute Gasteiger partial charge is 0.366 e. The first-order valence-electron chi connectivity index (χ1n) is 11.4. The number of methoxy groups -OCH3 is 1. The largest absolute Gasteiger partial charge is 0.475 e. The third kappa shape index (κ3) is 13.6. The molecule has 1 unspecified atom stereocenters. The molecule has 2 heterocycles. The predicted octanol–water partition coefficient (Wildman–Crippen LogP) is 2.81. The Labute approximate surface area is 204 Å². The molecule has 0 fully saturated rings. The van der Waals surface area contributed by atoms with E-state index in [9.17, 15) is 4.79 Å². The van der Waals surface area contributed by atoms with Crippen molar-refractivity contribution in [3.63, 3.8) is 0 Å². The normalized spacial score (nSPS) is 17.7. The minimum absolute atomic E-state index is 0.158. The maximum atomic E-state index is 12.1. The highest BCUT2D eigenvalue weighted by molar-refractivity contribution is 6.99. The molecule has 1 atom stereocenters. The Morgan fingerprint density at radius 3 is 2.45 bits per heavy atom. The van der Waals surface area contributed by atoms with Crippen molar-refractivity contribution in [2.75, 3.05) is 82.5 Å². The van der Waals surface area contributed by atoms with Gasteiger partial charge in [0.1, 0.15) is 12.2 Å². The van der Waals surface area contributed by atoms with Crippen molar-refractivity contribution in [3.05, 3.63) is 11.8 Å².